The van der Waals surface area contributed by atoms with E-state index in [1.54, 1.807) is 0 Å². The van der Waals surface area contributed by atoms with Gasteiger partial charge in [0, 0.05) is 43.6 Å². The fourth-order valence-corrected chi connectivity index (χ4v) is 8.63. The van der Waals surface area contributed by atoms with Crippen LogP contribution in [0.15, 0.2) is 47.6 Å². The molecule has 56 heavy (non-hydrogen) atoms. The summed E-state index contributed by atoms with van der Waals surface area (Å²) in [5, 5.41) is 9.99. The highest BCUT2D eigenvalue weighted by atomic mass is 16.7. The first-order valence-electron chi connectivity index (χ1n) is 21.4. The average Bonchev–Trinajstić information content (AvgIpc) is 3.14. The summed E-state index contributed by atoms with van der Waals surface area (Å²) in [4.78, 5) is 24.1. The molecule has 0 bridgehead atoms. The van der Waals surface area contributed by atoms with Crippen molar-refractivity contribution in [3.05, 3.63) is 47.6 Å². The van der Waals surface area contributed by atoms with E-state index < -0.39 is 12.4 Å². The molecule has 0 aromatic heterocycles. The fraction of sp³-hybridized carbons (Fsp3) is 0.778. The number of allylic oxidation sites excluding steroid dienone is 4. The van der Waals surface area contributed by atoms with Crippen molar-refractivity contribution in [2.75, 3.05) is 0 Å². The Morgan fingerprint density at radius 1 is 0.839 bits per heavy atom. The van der Waals surface area contributed by atoms with Crippen molar-refractivity contribution < 1.29 is 52.6 Å². The number of hydrogen-bond donors (Lipinski definition) is 1. The van der Waals surface area contributed by atoms with Crippen molar-refractivity contribution in [1.29, 1.82) is 0 Å². The lowest BCUT2D eigenvalue weighted by Gasteiger charge is -2.42. The third-order valence-corrected chi connectivity index (χ3v) is 12.2. The number of ether oxygens (including phenoxy) is 8. The van der Waals surface area contributed by atoms with Crippen LogP contribution in [-0.4, -0.2) is 90.9 Å². The Morgan fingerprint density at radius 3 is 2.12 bits per heavy atom. The molecule has 0 aromatic carbocycles. The Bertz CT molecular complexity index is 1410. The smallest absolute Gasteiger partial charge is 0.331 e. The van der Waals surface area contributed by atoms with Crippen LogP contribution in [-0.2, 0) is 47.5 Å². The molecular formula is C45H70O11. The minimum absolute atomic E-state index is 0.0351. The maximum absolute atomic E-state index is 12.4. The van der Waals surface area contributed by atoms with E-state index >= 15 is 0 Å². The average molecular weight is 787 g/mol. The van der Waals surface area contributed by atoms with Crippen LogP contribution in [0.25, 0.3) is 0 Å². The van der Waals surface area contributed by atoms with Crippen molar-refractivity contribution in [2.45, 2.75) is 200 Å². The maximum Gasteiger partial charge on any atom is 0.331 e. The van der Waals surface area contributed by atoms with Crippen LogP contribution in [0.2, 0.25) is 0 Å². The zero-order valence-electron chi connectivity index (χ0n) is 35.3. The molecule has 0 saturated carbocycles. The van der Waals surface area contributed by atoms with Crippen molar-refractivity contribution in [3.8, 4) is 0 Å². The van der Waals surface area contributed by atoms with Crippen molar-refractivity contribution >= 4 is 11.9 Å². The van der Waals surface area contributed by atoms with Crippen LogP contribution in [0.4, 0.5) is 0 Å². The molecule has 1 N–H and O–H groups in total. The Labute approximate surface area is 335 Å². The summed E-state index contributed by atoms with van der Waals surface area (Å²) in [7, 11) is 0. The van der Waals surface area contributed by atoms with E-state index in [2.05, 4.69) is 52.8 Å². The molecule has 5 heterocycles. The largest absolute Gasteiger partial charge is 0.462 e. The molecule has 316 valence electrons. The van der Waals surface area contributed by atoms with Crippen LogP contribution in [0.5, 0.6) is 0 Å². The van der Waals surface area contributed by atoms with E-state index in [4.69, 9.17) is 37.9 Å². The first kappa shape index (κ1) is 44.7. The number of aliphatic hydroxyl groups excluding tert-OH is 1. The van der Waals surface area contributed by atoms with Gasteiger partial charge < -0.3 is 43.0 Å². The van der Waals surface area contributed by atoms with Gasteiger partial charge in [-0.15, -0.1) is 0 Å². The second-order valence-electron chi connectivity index (χ2n) is 17.3. The van der Waals surface area contributed by atoms with E-state index in [1.807, 2.05) is 39.8 Å². The Morgan fingerprint density at radius 2 is 1.46 bits per heavy atom. The Hall–Kier alpha value is -2.38. The number of esters is 2. The van der Waals surface area contributed by atoms with Crippen molar-refractivity contribution in [2.24, 2.45) is 23.7 Å². The summed E-state index contributed by atoms with van der Waals surface area (Å²) in [6, 6.07) is 0. The van der Waals surface area contributed by atoms with Gasteiger partial charge in [-0.05, 0) is 91.1 Å². The van der Waals surface area contributed by atoms with Gasteiger partial charge >= 0.3 is 11.9 Å². The van der Waals surface area contributed by atoms with Gasteiger partial charge in [0.2, 0.25) is 0 Å². The first-order valence-corrected chi connectivity index (χ1v) is 21.4. The monoisotopic (exact) mass is 786 g/mol. The molecule has 0 amide bonds. The third kappa shape index (κ3) is 13.1. The molecule has 0 spiro atoms. The second kappa shape index (κ2) is 21.0. The van der Waals surface area contributed by atoms with Gasteiger partial charge in [0.05, 0.1) is 42.7 Å². The van der Waals surface area contributed by atoms with Gasteiger partial charge in [-0.2, -0.15) is 0 Å². The SMILES string of the molecule is CC(=CCC(OC1CCC(OC2CCC(OC3CCC(O)C(C)O3)C(C)O2)C(C)O1)C(C)C1OC(=O)CCC1C)C=C(C)CC(C)C=CC1OC(=O)C=CC1C. The highest BCUT2D eigenvalue weighted by Crippen LogP contribution is 2.35. The number of carbonyl (C=O) groups excluding carboxylic acids is 2. The van der Waals surface area contributed by atoms with Gasteiger partial charge in [-0.1, -0.05) is 63.1 Å². The zero-order chi connectivity index (χ0) is 40.5. The molecule has 16 unspecified atom stereocenters. The number of rotatable bonds is 15. The summed E-state index contributed by atoms with van der Waals surface area (Å²) in [5.41, 5.74) is 2.40. The molecule has 5 aliphatic heterocycles. The lowest BCUT2D eigenvalue weighted by molar-refractivity contribution is -0.306. The quantitative estimate of drug-likeness (QED) is 0.0985. The van der Waals surface area contributed by atoms with E-state index in [0.717, 1.165) is 31.3 Å². The summed E-state index contributed by atoms with van der Waals surface area (Å²) < 4.78 is 49.5. The molecule has 4 saturated heterocycles. The van der Waals surface area contributed by atoms with Crippen molar-refractivity contribution in [3.63, 3.8) is 0 Å². The predicted octanol–water partition coefficient (Wildman–Crippen LogP) is 8.04. The van der Waals surface area contributed by atoms with E-state index in [1.165, 1.54) is 11.6 Å². The molecule has 0 aromatic rings. The van der Waals surface area contributed by atoms with Crippen LogP contribution >= 0.6 is 0 Å². The van der Waals surface area contributed by atoms with Crippen LogP contribution < -0.4 is 0 Å². The molecular weight excluding hydrogens is 716 g/mol. The summed E-state index contributed by atoms with van der Waals surface area (Å²) in [6.07, 6.45) is 16.1. The number of cyclic esters (lactones) is 2. The minimum atomic E-state index is -0.445. The van der Waals surface area contributed by atoms with Crippen LogP contribution in [0.3, 0.4) is 0 Å². The molecule has 5 aliphatic rings. The minimum Gasteiger partial charge on any atom is -0.462 e. The van der Waals surface area contributed by atoms with Crippen LogP contribution in [0, 0.1) is 23.7 Å². The van der Waals surface area contributed by atoms with Gasteiger partial charge in [0.15, 0.2) is 18.9 Å². The molecule has 0 aliphatic carbocycles. The number of aliphatic hydroxyl groups is 1. The standard InChI is InChI=1S/C45H70O11/c1-26(10-15-36-29(4)12-19-40(47)52-36)24-28(3)25-27(2)11-16-37(31(6)45-30(5)13-20-41(48)56-45)53-43-22-17-39(33(8)50-43)55-44-23-18-38(34(9)51-44)54-42-21-14-35(46)32(7)49-42/h10-12,15,19,25-26,29-39,42-46H,13-14,16-18,20-24H2,1-9H3. The van der Waals surface area contributed by atoms with Gasteiger partial charge in [-0.25, -0.2) is 4.79 Å². The second-order valence-corrected chi connectivity index (χ2v) is 17.3. The Kier molecular flexibility index (Phi) is 16.8. The topological polar surface area (TPSA) is 128 Å². The van der Waals surface area contributed by atoms with Crippen LogP contribution in [0.1, 0.15) is 127 Å². The van der Waals surface area contributed by atoms with Gasteiger partial charge in [0.25, 0.3) is 0 Å². The zero-order valence-corrected chi connectivity index (χ0v) is 35.3. The first-order chi connectivity index (χ1) is 26.6. The lowest BCUT2D eigenvalue weighted by atomic mass is 9.83. The lowest BCUT2D eigenvalue weighted by Crippen LogP contribution is -2.48. The highest BCUT2D eigenvalue weighted by molar-refractivity contribution is 5.83. The third-order valence-electron chi connectivity index (χ3n) is 12.2. The normalized spacial score (nSPS) is 39.2. The molecule has 11 heteroatoms. The van der Waals surface area contributed by atoms with Gasteiger partial charge in [-0.3, -0.25) is 4.79 Å². The molecule has 11 nitrogen and oxygen atoms in total. The summed E-state index contributed by atoms with van der Waals surface area (Å²) in [6.45, 7) is 18.7. The molecule has 4 fully saturated rings. The predicted molar refractivity (Wildman–Crippen MR) is 212 cm³/mol. The molecule has 0 radical (unpaired) electrons. The molecule has 16 atom stereocenters. The Balaban J connectivity index is 1.14. The fourth-order valence-electron chi connectivity index (χ4n) is 8.63. The summed E-state index contributed by atoms with van der Waals surface area (Å²) >= 11 is 0. The van der Waals surface area contributed by atoms with E-state index in [-0.39, 0.29) is 97.0 Å². The molecule has 5 rings (SSSR count). The van der Waals surface area contributed by atoms with Crippen molar-refractivity contribution in [1.82, 2.24) is 0 Å². The van der Waals surface area contributed by atoms with Gasteiger partial charge in [0.1, 0.15) is 12.2 Å². The maximum atomic E-state index is 12.4. The number of hydrogen-bond acceptors (Lipinski definition) is 11. The number of carbonyl (C=O) groups is 2. The highest BCUT2D eigenvalue weighted by Gasteiger charge is 2.40. The summed E-state index contributed by atoms with van der Waals surface area (Å²) in [5.74, 6) is 0.219. The van der Waals surface area contributed by atoms with E-state index in [9.17, 15) is 14.7 Å². The van der Waals surface area contributed by atoms with E-state index in [0.29, 0.717) is 38.5 Å².